The topological polar surface area (TPSA) is 115 Å². The highest BCUT2D eigenvalue weighted by Gasteiger charge is 2.17. The van der Waals surface area contributed by atoms with Gasteiger partial charge in [-0.3, -0.25) is 4.72 Å². The number of benzene rings is 3. The summed E-state index contributed by atoms with van der Waals surface area (Å²) in [4.78, 5) is 12.2. The van der Waals surface area contributed by atoms with Crippen LogP contribution < -0.4 is 21.1 Å². The number of amides is 2. The van der Waals surface area contributed by atoms with E-state index in [1.165, 1.54) is 12.1 Å². The lowest BCUT2D eigenvalue weighted by atomic mass is 9.96. The second-order valence-corrected chi connectivity index (χ2v) is 10.1. The Hall–Kier alpha value is -3.36. The number of sulfonamides is 1. The first kappa shape index (κ1) is 23.3. The molecule has 0 aliphatic carbocycles. The Bertz CT molecular complexity index is 1140. The number of carbonyl (C=O) groups is 1. The molecular formula is C24H29N4O3S+. The Morgan fingerprint density at radius 1 is 0.844 bits per heavy atom. The largest absolute Gasteiger partial charge is 0.353 e. The van der Waals surface area contributed by atoms with E-state index in [0.29, 0.717) is 17.9 Å². The zero-order valence-electron chi connectivity index (χ0n) is 18.3. The summed E-state index contributed by atoms with van der Waals surface area (Å²) in [5.74, 6) is 0. The molecule has 0 aliphatic rings. The lowest BCUT2D eigenvalue weighted by Crippen LogP contribution is -2.70. The number of hydrogen-bond donors (Lipinski definition) is 4. The van der Waals surface area contributed by atoms with Crippen molar-refractivity contribution in [3.8, 4) is 0 Å². The summed E-state index contributed by atoms with van der Waals surface area (Å²) >= 11 is 0. The predicted octanol–water partition coefficient (Wildman–Crippen LogP) is 3.37. The number of rotatable bonds is 8. The van der Waals surface area contributed by atoms with Crippen molar-refractivity contribution in [2.45, 2.75) is 37.2 Å². The summed E-state index contributed by atoms with van der Waals surface area (Å²) in [6.07, 6.45) is 0.799. The molecule has 2 amide bonds. The Kier molecular flexibility index (Phi) is 7.17. The van der Waals surface area contributed by atoms with Gasteiger partial charge in [-0.15, -0.1) is 0 Å². The number of nitrogens with one attached hydrogen (secondary N) is 3. The van der Waals surface area contributed by atoms with Crippen molar-refractivity contribution in [3.63, 3.8) is 0 Å². The van der Waals surface area contributed by atoms with Gasteiger partial charge in [0.2, 0.25) is 0 Å². The molecule has 3 aromatic rings. The molecule has 0 saturated heterocycles. The second kappa shape index (κ2) is 9.84. The van der Waals surface area contributed by atoms with Gasteiger partial charge < -0.3 is 16.4 Å². The smallest absolute Gasteiger partial charge is 0.319 e. The van der Waals surface area contributed by atoms with Gasteiger partial charge in [0, 0.05) is 24.3 Å². The lowest BCUT2D eigenvalue weighted by molar-refractivity contribution is -0.465. The number of carbonyl (C=O) groups excluding carboxylic acids is 1. The van der Waals surface area contributed by atoms with E-state index < -0.39 is 10.0 Å². The molecule has 168 valence electrons. The van der Waals surface area contributed by atoms with Gasteiger partial charge in [0.15, 0.2) is 0 Å². The maximum atomic E-state index is 12.7. The van der Waals surface area contributed by atoms with Crippen LogP contribution in [-0.4, -0.2) is 20.0 Å². The van der Waals surface area contributed by atoms with Crippen LogP contribution in [-0.2, 0) is 23.0 Å². The van der Waals surface area contributed by atoms with E-state index in [4.69, 9.17) is 0 Å². The third-order valence-corrected chi connectivity index (χ3v) is 6.00. The number of hydrogen-bond acceptors (Lipinski definition) is 3. The summed E-state index contributed by atoms with van der Waals surface area (Å²) in [5, 5.41) is 5.45. The van der Waals surface area contributed by atoms with Crippen molar-refractivity contribution in [1.29, 1.82) is 0 Å². The first-order chi connectivity index (χ1) is 15.1. The molecular weight excluding hydrogens is 424 g/mol. The zero-order chi connectivity index (χ0) is 23.2. The zero-order valence-corrected chi connectivity index (χ0v) is 19.1. The monoisotopic (exact) mass is 453 g/mol. The minimum Gasteiger partial charge on any atom is -0.353 e. The van der Waals surface area contributed by atoms with E-state index in [9.17, 15) is 13.2 Å². The van der Waals surface area contributed by atoms with Crippen molar-refractivity contribution in [3.05, 3.63) is 90.0 Å². The molecule has 0 aromatic heterocycles. The summed E-state index contributed by atoms with van der Waals surface area (Å²) in [6.45, 7) is 4.50. The van der Waals surface area contributed by atoms with Crippen LogP contribution in [0.5, 0.6) is 0 Å². The van der Waals surface area contributed by atoms with Gasteiger partial charge in [0.05, 0.1) is 10.4 Å². The van der Waals surface area contributed by atoms with E-state index in [-0.39, 0.29) is 16.5 Å². The van der Waals surface area contributed by atoms with Crippen LogP contribution in [0.4, 0.5) is 16.2 Å². The fourth-order valence-electron chi connectivity index (χ4n) is 3.13. The molecule has 0 aliphatic heterocycles. The molecule has 0 saturated carbocycles. The van der Waals surface area contributed by atoms with Crippen LogP contribution >= 0.6 is 0 Å². The highest BCUT2D eigenvalue weighted by atomic mass is 32.2. The molecule has 0 atom stereocenters. The van der Waals surface area contributed by atoms with Crippen molar-refractivity contribution in [1.82, 2.24) is 5.32 Å². The maximum Gasteiger partial charge on any atom is 0.319 e. The number of urea groups is 1. The third-order valence-electron chi connectivity index (χ3n) is 4.61. The summed E-state index contributed by atoms with van der Waals surface area (Å²) in [7, 11) is -3.74. The summed E-state index contributed by atoms with van der Waals surface area (Å²) < 4.78 is 28.0. The van der Waals surface area contributed by atoms with Crippen LogP contribution in [0.15, 0.2) is 83.8 Å². The fourth-order valence-corrected chi connectivity index (χ4v) is 4.19. The van der Waals surface area contributed by atoms with Gasteiger partial charge in [-0.2, -0.15) is 0 Å². The highest BCUT2D eigenvalue weighted by molar-refractivity contribution is 7.92. The molecule has 0 bridgehead atoms. The van der Waals surface area contributed by atoms with Crippen molar-refractivity contribution >= 4 is 27.4 Å². The SMILES string of the molecule is CC(C)([NH3+])Cc1ccc(NS(=O)(=O)c2ccc(NC(=O)NCc3ccccc3)cc2)cc1. The van der Waals surface area contributed by atoms with Crippen molar-refractivity contribution in [2.75, 3.05) is 10.0 Å². The standard InChI is InChI=1S/C24H28N4O3S/c1-24(2,25)16-18-8-10-21(11-9-18)28-32(30,31)22-14-12-20(13-15-22)27-23(29)26-17-19-6-4-3-5-7-19/h3-15,28H,16-17,25H2,1-2H3,(H2,26,27,29)/p+1. The normalized spacial score (nSPS) is 11.6. The molecule has 0 unspecified atom stereocenters. The quantitative estimate of drug-likeness (QED) is 0.419. The molecule has 3 aromatic carbocycles. The Morgan fingerprint density at radius 3 is 2.03 bits per heavy atom. The molecule has 0 heterocycles. The fraction of sp³-hybridized carbons (Fsp3) is 0.208. The number of quaternary nitrogens is 1. The Morgan fingerprint density at radius 2 is 1.44 bits per heavy atom. The molecule has 0 fully saturated rings. The van der Waals surface area contributed by atoms with Gasteiger partial charge in [-0.05, 0) is 61.4 Å². The molecule has 8 heteroatoms. The first-order valence-corrected chi connectivity index (χ1v) is 11.8. The number of anilines is 2. The van der Waals surface area contributed by atoms with Crippen LogP contribution in [0.25, 0.3) is 0 Å². The van der Waals surface area contributed by atoms with Crippen LogP contribution in [0.3, 0.4) is 0 Å². The van der Waals surface area contributed by atoms with Crippen LogP contribution in [0.2, 0.25) is 0 Å². The molecule has 7 nitrogen and oxygen atoms in total. The van der Waals surface area contributed by atoms with Gasteiger partial charge in [-0.1, -0.05) is 42.5 Å². The van der Waals surface area contributed by atoms with Crippen LogP contribution in [0, 0.1) is 0 Å². The van der Waals surface area contributed by atoms with E-state index >= 15 is 0 Å². The van der Waals surface area contributed by atoms with Gasteiger partial charge in [0.1, 0.15) is 0 Å². The highest BCUT2D eigenvalue weighted by Crippen LogP contribution is 2.19. The minimum atomic E-state index is -3.74. The minimum absolute atomic E-state index is 0.0880. The third kappa shape index (κ3) is 7.11. The van der Waals surface area contributed by atoms with Gasteiger partial charge in [0.25, 0.3) is 10.0 Å². The lowest BCUT2D eigenvalue weighted by Gasteiger charge is -2.15. The molecule has 3 rings (SSSR count). The van der Waals surface area contributed by atoms with E-state index in [1.807, 2.05) is 42.5 Å². The second-order valence-electron chi connectivity index (χ2n) is 8.46. The van der Waals surface area contributed by atoms with E-state index in [0.717, 1.165) is 17.5 Å². The first-order valence-electron chi connectivity index (χ1n) is 10.3. The molecule has 0 radical (unpaired) electrons. The summed E-state index contributed by atoms with van der Waals surface area (Å²) in [6, 6.07) is 22.5. The predicted molar refractivity (Wildman–Crippen MR) is 127 cm³/mol. The van der Waals surface area contributed by atoms with Gasteiger partial charge in [-0.25, -0.2) is 13.2 Å². The Balaban J connectivity index is 1.57. The average molecular weight is 454 g/mol. The maximum absolute atomic E-state index is 12.7. The van der Waals surface area contributed by atoms with Crippen molar-refractivity contribution < 1.29 is 18.9 Å². The molecule has 6 N–H and O–H groups in total. The average Bonchev–Trinajstić information content (AvgIpc) is 2.74. The van der Waals surface area contributed by atoms with Gasteiger partial charge >= 0.3 is 6.03 Å². The van der Waals surface area contributed by atoms with Crippen molar-refractivity contribution in [2.24, 2.45) is 0 Å². The molecule has 32 heavy (non-hydrogen) atoms. The molecule has 0 spiro atoms. The van der Waals surface area contributed by atoms with E-state index in [2.05, 4.69) is 34.9 Å². The summed E-state index contributed by atoms with van der Waals surface area (Å²) in [5.41, 5.74) is 7.06. The van der Waals surface area contributed by atoms with E-state index in [1.54, 1.807) is 24.3 Å². The Labute approximate surface area is 189 Å². The van der Waals surface area contributed by atoms with Crippen LogP contribution in [0.1, 0.15) is 25.0 Å².